The number of hydrogen-bond acceptors (Lipinski definition) is 4. The maximum absolute atomic E-state index is 12.5. The van der Waals surface area contributed by atoms with Gasteiger partial charge in [0.15, 0.2) is 0 Å². The van der Waals surface area contributed by atoms with E-state index in [9.17, 15) is 4.79 Å². The van der Waals surface area contributed by atoms with E-state index in [1.807, 2.05) is 25.7 Å². The van der Waals surface area contributed by atoms with Gasteiger partial charge in [-0.1, -0.05) is 32.9 Å². The number of nitrogens with one attached hydrogen (secondary N) is 1. The number of aromatic nitrogens is 1. The number of carbonyl (C=O) groups excluding carboxylic acids is 1. The van der Waals surface area contributed by atoms with Crippen LogP contribution in [0, 0.1) is 0 Å². The van der Waals surface area contributed by atoms with Gasteiger partial charge < -0.3 is 14.6 Å². The number of aromatic amines is 1. The summed E-state index contributed by atoms with van der Waals surface area (Å²) in [4.78, 5) is 27.4. The average molecular weight is 515 g/mol. The molecule has 1 aliphatic carbocycles. The van der Waals surface area contributed by atoms with E-state index in [1.165, 1.54) is 38.9 Å². The van der Waals surface area contributed by atoms with Crippen LogP contribution in [0.5, 0.6) is 0 Å². The van der Waals surface area contributed by atoms with Gasteiger partial charge >= 0.3 is 6.09 Å². The number of ether oxygens (including phenoxy) is 1. The third-order valence-corrected chi connectivity index (χ3v) is 7.95. The van der Waals surface area contributed by atoms with E-state index in [0.29, 0.717) is 11.8 Å². The number of hydrogen-bond donors (Lipinski definition) is 1. The van der Waals surface area contributed by atoms with Gasteiger partial charge in [-0.2, -0.15) is 0 Å². The van der Waals surface area contributed by atoms with Crippen LogP contribution in [-0.4, -0.2) is 52.8 Å². The standard InChI is InChI=1S/C32H42N4O2/c1-7-21-17-24(9-8-10-27-29(21)34-19-33-27)30-28(20(2)3)25-18-23(11-12-26(25)35-30)22-13-15-36(16-14-22)31(37)38-32(4,5)6/h9,11-12,17-20,22,27,35H,7-8,10,13-16H2,1-6H3/b21-17-,24-9+. The Kier molecular flexibility index (Phi) is 7.34. The Morgan fingerprint density at radius 2 is 1.95 bits per heavy atom. The van der Waals surface area contributed by atoms with E-state index in [2.05, 4.69) is 66.1 Å². The summed E-state index contributed by atoms with van der Waals surface area (Å²) in [5.41, 5.74) is 8.39. The Bertz CT molecular complexity index is 1330. The smallest absolute Gasteiger partial charge is 0.410 e. The quantitative estimate of drug-likeness (QED) is 0.453. The minimum atomic E-state index is -0.461. The molecule has 6 nitrogen and oxygen atoms in total. The van der Waals surface area contributed by atoms with Crippen LogP contribution >= 0.6 is 0 Å². The highest BCUT2D eigenvalue weighted by Gasteiger charge is 2.29. The van der Waals surface area contributed by atoms with Gasteiger partial charge in [0, 0.05) is 29.7 Å². The minimum Gasteiger partial charge on any atom is -0.444 e. The zero-order valence-electron chi connectivity index (χ0n) is 23.8. The van der Waals surface area contributed by atoms with Crippen LogP contribution in [-0.2, 0) is 4.74 Å². The third-order valence-electron chi connectivity index (χ3n) is 7.95. The number of carbonyl (C=O) groups is 1. The molecule has 1 fully saturated rings. The molecule has 3 aliphatic rings. The number of allylic oxidation sites excluding steroid dienone is 3. The van der Waals surface area contributed by atoms with Crippen LogP contribution in [0.1, 0.15) is 102 Å². The molecule has 3 heterocycles. The van der Waals surface area contributed by atoms with Gasteiger partial charge in [-0.15, -0.1) is 0 Å². The summed E-state index contributed by atoms with van der Waals surface area (Å²) in [6.45, 7) is 14.0. The second kappa shape index (κ2) is 10.5. The van der Waals surface area contributed by atoms with Crippen LogP contribution in [0.25, 0.3) is 16.5 Å². The fourth-order valence-corrected chi connectivity index (χ4v) is 6.05. The number of piperidine rings is 1. The van der Waals surface area contributed by atoms with Crippen molar-refractivity contribution in [3.8, 4) is 0 Å². The zero-order chi connectivity index (χ0) is 27.0. The number of rotatable bonds is 4. The van der Waals surface area contributed by atoms with Crippen LogP contribution in [0.2, 0.25) is 0 Å². The average Bonchev–Trinajstić information content (AvgIpc) is 3.47. The van der Waals surface area contributed by atoms with E-state index in [0.717, 1.165) is 50.9 Å². The van der Waals surface area contributed by atoms with Crippen molar-refractivity contribution in [3.05, 3.63) is 52.7 Å². The SMILES string of the molecule is CC/C1=C/C(c2[nH]c3ccc(C4CCN(C(=O)OC(C)(C)C)CC4)cc3c2C(C)C)=C\CCC2N=CN=C12. The summed E-state index contributed by atoms with van der Waals surface area (Å²) < 4.78 is 5.59. The normalized spacial score (nSPS) is 23.4. The van der Waals surface area contributed by atoms with Crippen LogP contribution < -0.4 is 0 Å². The van der Waals surface area contributed by atoms with Gasteiger partial charge in [0.25, 0.3) is 0 Å². The van der Waals surface area contributed by atoms with E-state index in [4.69, 9.17) is 4.74 Å². The van der Waals surface area contributed by atoms with Gasteiger partial charge in [-0.05, 0) is 105 Å². The lowest BCUT2D eigenvalue weighted by Crippen LogP contribution is -2.41. The van der Waals surface area contributed by atoms with Crippen molar-refractivity contribution in [1.82, 2.24) is 9.88 Å². The monoisotopic (exact) mass is 514 g/mol. The van der Waals surface area contributed by atoms with E-state index < -0.39 is 5.60 Å². The largest absolute Gasteiger partial charge is 0.444 e. The summed E-state index contributed by atoms with van der Waals surface area (Å²) >= 11 is 0. The molecular formula is C32H42N4O2. The molecule has 2 aliphatic heterocycles. The van der Waals surface area contributed by atoms with Gasteiger partial charge in [-0.25, -0.2) is 9.79 Å². The van der Waals surface area contributed by atoms with Crippen LogP contribution in [0.15, 0.2) is 45.9 Å². The molecule has 2 aromatic rings. The predicted octanol–water partition coefficient (Wildman–Crippen LogP) is 7.77. The maximum atomic E-state index is 12.5. The van der Waals surface area contributed by atoms with Crippen LogP contribution in [0.4, 0.5) is 4.79 Å². The first-order chi connectivity index (χ1) is 18.1. The topological polar surface area (TPSA) is 70.0 Å². The van der Waals surface area contributed by atoms with Crippen molar-refractivity contribution in [2.75, 3.05) is 13.1 Å². The number of benzene rings is 1. The van der Waals surface area contributed by atoms with Gasteiger partial charge in [0.1, 0.15) is 11.9 Å². The van der Waals surface area contributed by atoms with E-state index >= 15 is 0 Å². The zero-order valence-corrected chi connectivity index (χ0v) is 23.8. The second-order valence-electron chi connectivity index (χ2n) is 12.2. The number of fused-ring (bicyclic) bond motifs is 2. The molecular weight excluding hydrogens is 472 g/mol. The van der Waals surface area contributed by atoms with Gasteiger partial charge in [0.05, 0.1) is 11.8 Å². The lowest BCUT2D eigenvalue weighted by atomic mass is 9.87. The summed E-state index contributed by atoms with van der Waals surface area (Å²) in [6, 6.07) is 7.13. The number of nitrogens with zero attached hydrogens (tertiary/aromatic N) is 3. The molecule has 1 saturated heterocycles. The number of H-pyrrole nitrogens is 1. The van der Waals surface area contributed by atoms with Crippen molar-refractivity contribution < 1.29 is 9.53 Å². The Morgan fingerprint density at radius 1 is 1.18 bits per heavy atom. The van der Waals surface area contributed by atoms with E-state index in [1.54, 1.807) is 6.34 Å². The molecule has 0 radical (unpaired) electrons. The maximum Gasteiger partial charge on any atom is 0.410 e. The van der Waals surface area contributed by atoms with Crippen molar-refractivity contribution in [1.29, 1.82) is 0 Å². The van der Waals surface area contributed by atoms with E-state index in [-0.39, 0.29) is 12.1 Å². The summed E-state index contributed by atoms with van der Waals surface area (Å²) in [5, 5.41) is 1.32. The fraction of sp³-hybridized carbons (Fsp3) is 0.531. The molecule has 202 valence electrons. The highest BCUT2D eigenvalue weighted by atomic mass is 16.6. The first-order valence-electron chi connectivity index (χ1n) is 14.3. The Hall–Kier alpha value is -3.15. The first kappa shape index (κ1) is 26.5. The third kappa shape index (κ3) is 5.36. The lowest BCUT2D eigenvalue weighted by molar-refractivity contribution is 0.0205. The second-order valence-corrected chi connectivity index (χ2v) is 12.2. The van der Waals surface area contributed by atoms with Gasteiger partial charge in [-0.3, -0.25) is 4.99 Å². The summed E-state index contributed by atoms with van der Waals surface area (Å²) in [7, 11) is 0. The number of likely N-dealkylation sites (tertiary alicyclic amines) is 1. The summed E-state index contributed by atoms with van der Waals surface area (Å²) in [6.07, 6.45) is 11.1. The highest BCUT2D eigenvalue weighted by molar-refractivity contribution is 6.11. The predicted molar refractivity (Wildman–Crippen MR) is 157 cm³/mol. The van der Waals surface area contributed by atoms with Crippen molar-refractivity contribution in [2.24, 2.45) is 9.98 Å². The van der Waals surface area contributed by atoms with Crippen molar-refractivity contribution >= 4 is 34.6 Å². The molecule has 1 aromatic carbocycles. The Labute approximate surface area is 227 Å². The number of aliphatic imine (C=N–C) groups is 2. The lowest BCUT2D eigenvalue weighted by Gasteiger charge is -2.33. The summed E-state index contributed by atoms with van der Waals surface area (Å²) in [5.74, 6) is 0.827. The molecule has 1 amide bonds. The molecule has 1 unspecified atom stereocenters. The minimum absolute atomic E-state index is 0.197. The first-order valence-corrected chi connectivity index (χ1v) is 14.3. The fourth-order valence-electron chi connectivity index (χ4n) is 6.05. The van der Waals surface area contributed by atoms with Crippen molar-refractivity contribution in [3.63, 3.8) is 0 Å². The molecule has 0 bridgehead atoms. The Balaban J connectivity index is 1.43. The molecule has 38 heavy (non-hydrogen) atoms. The van der Waals surface area contributed by atoms with Crippen LogP contribution in [0.3, 0.4) is 0 Å². The molecule has 1 atom stereocenters. The molecule has 1 aromatic heterocycles. The van der Waals surface area contributed by atoms with Crippen molar-refractivity contribution in [2.45, 2.75) is 97.1 Å². The molecule has 1 N–H and O–H groups in total. The Morgan fingerprint density at radius 3 is 2.63 bits per heavy atom. The molecule has 6 heteroatoms. The molecule has 0 saturated carbocycles. The highest BCUT2D eigenvalue weighted by Crippen LogP contribution is 2.38. The van der Waals surface area contributed by atoms with Gasteiger partial charge in [0.2, 0.25) is 0 Å². The number of amides is 1. The molecule has 0 spiro atoms. The molecule has 5 rings (SSSR count).